The molecule has 2 rings (SSSR count). The van der Waals surface area contributed by atoms with E-state index in [2.05, 4.69) is 4.72 Å². The number of nitrogens with zero attached hydrogens (tertiary/aromatic N) is 1. The van der Waals surface area contributed by atoms with E-state index < -0.39 is 10.0 Å². The van der Waals surface area contributed by atoms with Crippen LogP contribution in [0.5, 0.6) is 0 Å². The van der Waals surface area contributed by atoms with Gasteiger partial charge in [0.25, 0.3) is 0 Å². The van der Waals surface area contributed by atoms with Crippen LogP contribution in [0.3, 0.4) is 0 Å². The molecule has 1 aliphatic rings. The van der Waals surface area contributed by atoms with Gasteiger partial charge >= 0.3 is 0 Å². The molecule has 18 heavy (non-hydrogen) atoms. The van der Waals surface area contributed by atoms with Crippen molar-refractivity contribution in [3.8, 4) is 6.07 Å². The van der Waals surface area contributed by atoms with Crippen molar-refractivity contribution in [2.45, 2.75) is 43.0 Å². The van der Waals surface area contributed by atoms with Gasteiger partial charge in [0.1, 0.15) is 6.07 Å². The van der Waals surface area contributed by atoms with E-state index in [9.17, 15) is 8.42 Å². The van der Waals surface area contributed by atoms with E-state index in [0.717, 1.165) is 25.7 Å². The molecule has 0 radical (unpaired) electrons. The third-order valence-corrected chi connectivity index (χ3v) is 5.27. The molecule has 0 unspecified atom stereocenters. The Bertz CT molecular complexity index is 578. The molecule has 1 fully saturated rings. The van der Waals surface area contributed by atoms with Crippen LogP contribution in [-0.4, -0.2) is 14.0 Å². The lowest BCUT2D eigenvalue weighted by Gasteiger charge is -2.41. The van der Waals surface area contributed by atoms with Gasteiger partial charge in [0.15, 0.2) is 0 Å². The molecule has 1 aliphatic carbocycles. The molecule has 1 aromatic rings. The summed E-state index contributed by atoms with van der Waals surface area (Å²) < 4.78 is 27.4. The molecule has 96 valence electrons. The molecule has 0 aliphatic heterocycles. The quantitative estimate of drug-likeness (QED) is 0.906. The number of hydrogen-bond donors (Lipinski definition) is 1. The van der Waals surface area contributed by atoms with Crippen molar-refractivity contribution < 1.29 is 8.42 Å². The van der Waals surface area contributed by atoms with Gasteiger partial charge < -0.3 is 0 Å². The van der Waals surface area contributed by atoms with Crippen molar-refractivity contribution in [2.24, 2.45) is 0 Å². The molecular formula is C13H16N2O2S. The van der Waals surface area contributed by atoms with Crippen LogP contribution in [0.1, 0.15) is 38.2 Å². The number of nitrogens with one attached hydrogen (secondary N) is 1. The van der Waals surface area contributed by atoms with Crippen LogP contribution in [0.4, 0.5) is 0 Å². The van der Waals surface area contributed by atoms with Gasteiger partial charge in [0.2, 0.25) is 10.0 Å². The first-order chi connectivity index (χ1) is 8.53. The Labute approximate surface area is 108 Å². The predicted molar refractivity (Wildman–Crippen MR) is 68.4 cm³/mol. The zero-order valence-electron chi connectivity index (χ0n) is 10.3. The minimum absolute atomic E-state index is 0.0761. The van der Waals surface area contributed by atoms with E-state index >= 15 is 0 Å². The van der Waals surface area contributed by atoms with Crippen molar-refractivity contribution in [1.82, 2.24) is 4.72 Å². The van der Waals surface area contributed by atoms with Crippen molar-refractivity contribution in [3.05, 3.63) is 29.8 Å². The molecule has 1 saturated carbocycles. The SMILES string of the molecule is CCC1(NS(=O)(=O)c2ccccc2C#N)CCC1. The van der Waals surface area contributed by atoms with Gasteiger partial charge in [0, 0.05) is 5.54 Å². The maximum absolute atomic E-state index is 12.3. The highest BCUT2D eigenvalue weighted by molar-refractivity contribution is 7.89. The minimum Gasteiger partial charge on any atom is -0.207 e. The molecular weight excluding hydrogens is 248 g/mol. The van der Waals surface area contributed by atoms with Crippen LogP contribution in [0.25, 0.3) is 0 Å². The fourth-order valence-electron chi connectivity index (χ4n) is 2.26. The van der Waals surface area contributed by atoms with Gasteiger partial charge in [-0.05, 0) is 37.8 Å². The van der Waals surface area contributed by atoms with Gasteiger partial charge in [-0.1, -0.05) is 19.1 Å². The largest absolute Gasteiger partial charge is 0.242 e. The van der Waals surface area contributed by atoms with Crippen LogP contribution >= 0.6 is 0 Å². The van der Waals surface area contributed by atoms with Crippen LogP contribution < -0.4 is 4.72 Å². The van der Waals surface area contributed by atoms with Crippen molar-refractivity contribution in [1.29, 1.82) is 5.26 Å². The van der Waals surface area contributed by atoms with Crippen molar-refractivity contribution in [2.75, 3.05) is 0 Å². The standard InChI is InChI=1S/C13H16N2O2S/c1-2-13(8-5-9-13)15-18(16,17)12-7-4-3-6-11(12)10-14/h3-4,6-7,15H,2,5,8-9H2,1H3. The monoisotopic (exact) mass is 264 g/mol. The molecule has 0 atom stereocenters. The first kappa shape index (κ1) is 13.1. The fourth-order valence-corrected chi connectivity index (χ4v) is 3.95. The second-order valence-electron chi connectivity index (χ2n) is 4.70. The van der Waals surface area contributed by atoms with Crippen molar-refractivity contribution in [3.63, 3.8) is 0 Å². The highest BCUT2D eigenvalue weighted by Crippen LogP contribution is 2.36. The summed E-state index contributed by atoms with van der Waals surface area (Å²) in [5.74, 6) is 0. The Morgan fingerprint density at radius 2 is 2.06 bits per heavy atom. The van der Waals surface area contributed by atoms with Gasteiger partial charge in [-0.25, -0.2) is 13.1 Å². The summed E-state index contributed by atoms with van der Waals surface area (Å²) in [4.78, 5) is 0.0761. The van der Waals surface area contributed by atoms with E-state index in [4.69, 9.17) is 5.26 Å². The summed E-state index contributed by atoms with van der Waals surface area (Å²) >= 11 is 0. The summed E-state index contributed by atoms with van der Waals surface area (Å²) in [5, 5.41) is 8.97. The maximum Gasteiger partial charge on any atom is 0.242 e. The number of sulfonamides is 1. The Kier molecular flexibility index (Phi) is 3.42. The van der Waals surface area contributed by atoms with Crippen molar-refractivity contribution >= 4 is 10.0 Å². The summed E-state index contributed by atoms with van der Waals surface area (Å²) in [6.45, 7) is 1.98. The minimum atomic E-state index is -3.61. The number of nitriles is 1. The van der Waals surface area contributed by atoms with Gasteiger partial charge in [0.05, 0.1) is 10.5 Å². The lowest BCUT2D eigenvalue weighted by Crippen LogP contribution is -2.52. The maximum atomic E-state index is 12.3. The molecule has 0 saturated heterocycles. The van der Waals surface area contributed by atoms with Gasteiger partial charge in [-0.3, -0.25) is 0 Å². The zero-order valence-corrected chi connectivity index (χ0v) is 11.1. The second kappa shape index (κ2) is 4.71. The van der Waals surface area contributed by atoms with E-state index in [1.807, 2.05) is 13.0 Å². The van der Waals surface area contributed by atoms with Gasteiger partial charge in [-0.15, -0.1) is 0 Å². The normalized spacial score (nSPS) is 17.8. The zero-order chi connectivity index (χ0) is 13.2. The topological polar surface area (TPSA) is 70.0 Å². The Morgan fingerprint density at radius 3 is 2.56 bits per heavy atom. The molecule has 1 aromatic carbocycles. The lowest BCUT2D eigenvalue weighted by atomic mass is 9.76. The third-order valence-electron chi connectivity index (χ3n) is 3.64. The predicted octanol–water partition coefficient (Wildman–Crippen LogP) is 2.17. The molecule has 5 heteroatoms. The average molecular weight is 264 g/mol. The Morgan fingerprint density at radius 1 is 1.39 bits per heavy atom. The summed E-state index contributed by atoms with van der Waals surface area (Å²) in [6.07, 6.45) is 3.58. The van der Waals surface area contributed by atoms with E-state index in [1.165, 1.54) is 12.1 Å². The number of benzene rings is 1. The van der Waals surface area contributed by atoms with Crippen LogP contribution in [-0.2, 0) is 10.0 Å². The average Bonchev–Trinajstić information content (AvgIpc) is 2.34. The Balaban J connectivity index is 2.34. The highest BCUT2D eigenvalue weighted by atomic mass is 32.2. The molecule has 0 heterocycles. The summed E-state index contributed by atoms with van der Waals surface area (Å²) in [6, 6.07) is 8.22. The highest BCUT2D eigenvalue weighted by Gasteiger charge is 2.39. The first-order valence-electron chi connectivity index (χ1n) is 6.06. The van der Waals surface area contributed by atoms with E-state index in [1.54, 1.807) is 12.1 Å². The van der Waals surface area contributed by atoms with Crippen LogP contribution in [0, 0.1) is 11.3 Å². The molecule has 4 nitrogen and oxygen atoms in total. The smallest absolute Gasteiger partial charge is 0.207 e. The van der Waals surface area contributed by atoms with E-state index in [0.29, 0.717) is 0 Å². The molecule has 0 spiro atoms. The van der Waals surface area contributed by atoms with E-state index in [-0.39, 0.29) is 16.0 Å². The second-order valence-corrected chi connectivity index (χ2v) is 6.35. The summed E-state index contributed by atoms with van der Waals surface area (Å²) in [5.41, 5.74) is -0.114. The molecule has 0 aromatic heterocycles. The molecule has 0 bridgehead atoms. The number of hydrogen-bond acceptors (Lipinski definition) is 3. The first-order valence-corrected chi connectivity index (χ1v) is 7.54. The van der Waals surface area contributed by atoms with Crippen LogP contribution in [0.15, 0.2) is 29.2 Å². The fraction of sp³-hybridized carbons (Fsp3) is 0.462. The molecule has 0 amide bonds. The van der Waals surface area contributed by atoms with Gasteiger partial charge in [-0.2, -0.15) is 5.26 Å². The third kappa shape index (κ3) is 2.26. The van der Waals surface area contributed by atoms with Crippen LogP contribution in [0.2, 0.25) is 0 Å². The molecule has 1 N–H and O–H groups in total. The lowest BCUT2D eigenvalue weighted by molar-refractivity contribution is 0.214. The summed E-state index contributed by atoms with van der Waals surface area (Å²) in [7, 11) is -3.61. The Hall–Kier alpha value is -1.38. The number of rotatable bonds is 4.